The summed E-state index contributed by atoms with van der Waals surface area (Å²) in [5, 5.41) is 17.3. The Morgan fingerprint density at radius 1 is 1.15 bits per heavy atom. The van der Waals surface area contributed by atoms with Gasteiger partial charge in [-0.3, -0.25) is 0 Å². The lowest BCUT2D eigenvalue weighted by molar-refractivity contribution is -0.0907. The Morgan fingerprint density at radius 2 is 1.89 bits per heavy atom. The number of anilines is 1. The fraction of sp³-hybridized carbons (Fsp3) is 0.500. The summed E-state index contributed by atoms with van der Waals surface area (Å²) < 4.78 is 51.3. The van der Waals surface area contributed by atoms with Gasteiger partial charge in [0.15, 0.2) is 6.29 Å². The lowest BCUT2D eigenvalue weighted by Crippen LogP contribution is -2.51. The number of fused-ring (bicyclic) bond motifs is 1. The minimum atomic E-state index is -3.98. The zero-order chi connectivity index (χ0) is 32.8. The quantitative estimate of drug-likeness (QED) is 0.215. The number of nitrogens with two attached hydrogens (primary N) is 1. The summed E-state index contributed by atoms with van der Waals surface area (Å²) in [6.45, 7) is 6.74. The van der Waals surface area contributed by atoms with Crippen molar-refractivity contribution in [2.24, 2.45) is 11.8 Å². The maximum Gasteiger partial charge on any atom is 0.407 e. The molecular weight excluding hydrogens is 633 g/mol. The van der Waals surface area contributed by atoms with E-state index >= 15 is 0 Å². The highest BCUT2D eigenvalue weighted by Gasteiger charge is 2.44. The Hall–Kier alpha value is -3.27. The number of hydrogen-bond donors (Lipinski definition) is 3. The van der Waals surface area contributed by atoms with Crippen LogP contribution in [0.4, 0.5) is 10.5 Å². The van der Waals surface area contributed by atoms with Crippen molar-refractivity contribution in [1.29, 1.82) is 0 Å². The minimum Gasteiger partial charge on any atom is -0.487 e. The van der Waals surface area contributed by atoms with E-state index in [0.29, 0.717) is 24.7 Å². The highest BCUT2D eigenvalue weighted by Crippen LogP contribution is 2.33. The van der Waals surface area contributed by atoms with Gasteiger partial charge in [0.05, 0.1) is 46.9 Å². The van der Waals surface area contributed by atoms with E-state index in [9.17, 15) is 18.3 Å². The number of nitrogens with one attached hydrogen (secondary N) is 1. The monoisotopic (exact) mass is 674 g/mol. The van der Waals surface area contributed by atoms with Gasteiger partial charge in [-0.15, -0.1) is 11.3 Å². The molecule has 14 heteroatoms. The van der Waals surface area contributed by atoms with Crippen molar-refractivity contribution in [2.45, 2.75) is 69.7 Å². The third kappa shape index (κ3) is 8.75. The molecule has 5 rings (SSSR count). The third-order valence-corrected chi connectivity index (χ3v) is 10.6. The minimum absolute atomic E-state index is 0.0307. The molecule has 0 bridgehead atoms. The standard InChI is InChI=1S/C32H42N4O8S2/c1-20(2)15-36(46(39,40)26-10-6-23(33)7-11-26)16-29(37)28(35-32(38)44-30-18-43-31-27(30)12-13-41-31)14-22-4-8-25(9-5-22)42-17-24-19-45-21(3)34-24/h4-11,19-20,27-31,37H,12-18,33H2,1-3H3,(H,35,38). The highest BCUT2D eigenvalue weighted by atomic mass is 32.2. The van der Waals surface area contributed by atoms with E-state index in [1.807, 2.05) is 50.4 Å². The molecule has 0 radical (unpaired) electrons. The molecule has 3 heterocycles. The topological polar surface area (TPSA) is 163 Å². The Balaban J connectivity index is 1.31. The number of aliphatic hydroxyl groups excluding tert-OH is 1. The number of nitrogen functional groups attached to an aromatic ring is 1. The molecule has 5 atom stereocenters. The third-order valence-electron chi connectivity index (χ3n) is 7.92. The smallest absolute Gasteiger partial charge is 0.407 e. The number of thiazole rings is 1. The summed E-state index contributed by atoms with van der Waals surface area (Å²) in [4.78, 5) is 17.7. The van der Waals surface area contributed by atoms with E-state index in [-0.39, 0.29) is 49.1 Å². The Labute approximate surface area is 273 Å². The van der Waals surface area contributed by atoms with Crippen LogP contribution in [0.5, 0.6) is 5.75 Å². The second-order valence-electron chi connectivity index (χ2n) is 12.1. The molecule has 1 aromatic heterocycles. The number of aryl methyl sites for hydroxylation is 1. The van der Waals surface area contributed by atoms with Gasteiger partial charge in [-0.1, -0.05) is 26.0 Å². The molecule has 2 saturated heterocycles. The SMILES string of the molecule is Cc1nc(COc2ccc(CC(NC(=O)OC3COC4OCCC34)C(O)CN(CC(C)C)S(=O)(=O)c3ccc(N)cc3)cc2)cs1. The van der Waals surface area contributed by atoms with Crippen molar-refractivity contribution in [1.82, 2.24) is 14.6 Å². The summed E-state index contributed by atoms with van der Waals surface area (Å²) in [5.74, 6) is 0.560. The first-order valence-corrected chi connectivity index (χ1v) is 17.7. The molecular formula is C32H42N4O8S2. The molecule has 3 aromatic rings. The molecule has 12 nitrogen and oxygen atoms in total. The van der Waals surface area contributed by atoms with E-state index in [0.717, 1.165) is 22.7 Å². The molecule has 4 N–H and O–H groups in total. The zero-order valence-corrected chi connectivity index (χ0v) is 27.8. The van der Waals surface area contributed by atoms with E-state index < -0.39 is 34.4 Å². The van der Waals surface area contributed by atoms with Crippen molar-refractivity contribution in [3.8, 4) is 5.75 Å². The normalized spacial score (nSPS) is 20.9. The van der Waals surface area contributed by atoms with Crippen LogP contribution in [-0.4, -0.2) is 79.7 Å². The summed E-state index contributed by atoms with van der Waals surface area (Å²) >= 11 is 1.56. The fourth-order valence-corrected chi connectivity index (χ4v) is 7.78. The molecule has 2 aliphatic rings. The zero-order valence-electron chi connectivity index (χ0n) is 26.2. The predicted molar refractivity (Wildman–Crippen MR) is 173 cm³/mol. The number of ether oxygens (including phenoxy) is 4. The fourth-order valence-electron chi connectivity index (χ4n) is 5.56. The summed E-state index contributed by atoms with van der Waals surface area (Å²) in [6, 6.07) is 12.4. The van der Waals surface area contributed by atoms with Gasteiger partial charge in [-0.25, -0.2) is 18.2 Å². The number of aromatic nitrogens is 1. The summed E-state index contributed by atoms with van der Waals surface area (Å²) in [6.07, 6.45) is -1.94. The van der Waals surface area contributed by atoms with Gasteiger partial charge in [-0.05, 0) is 67.6 Å². The first-order valence-electron chi connectivity index (χ1n) is 15.3. The van der Waals surface area contributed by atoms with Crippen LogP contribution in [0.25, 0.3) is 0 Å². The number of alkyl carbamates (subject to hydrolysis) is 1. The maximum atomic E-state index is 13.7. The maximum absolute atomic E-state index is 13.7. The van der Waals surface area contributed by atoms with Crippen molar-refractivity contribution in [3.63, 3.8) is 0 Å². The largest absolute Gasteiger partial charge is 0.487 e. The second kappa shape index (κ2) is 15.1. The predicted octanol–water partition coefficient (Wildman–Crippen LogP) is 3.72. The van der Waals surface area contributed by atoms with Gasteiger partial charge in [0.2, 0.25) is 10.0 Å². The molecule has 0 aliphatic carbocycles. The van der Waals surface area contributed by atoms with E-state index in [1.165, 1.54) is 28.6 Å². The van der Waals surface area contributed by atoms with Crippen LogP contribution in [-0.2, 0) is 37.3 Å². The number of carbonyl (C=O) groups is 1. The highest BCUT2D eigenvalue weighted by molar-refractivity contribution is 7.89. The van der Waals surface area contributed by atoms with Gasteiger partial charge in [-0.2, -0.15) is 4.31 Å². The van der Waals surface area contributed by atoms with Gasteiger partial charge >= 0.3 is 6.09 Å². The number of hydrogen-bond acceptors (Lipinski definition) is 11. The first-order chi connectivity index (χ1) is 22.0. The van der Waals surface area contributed by atoms with Crippen LogP contribution in [0.2, 0.25) is 0 Å². The molecule has 2 aliphatic heterocycles. The number of rotatable bonds is 14. The van der Waals surface area contributed by atoms with Gasteiger partial charge < -0.3 is 35.1 Å². The Bertz CT molecular complexity index is 1550. The van der Waals surface area contributed by atoms with Crippen LogP contribution in [0, 0.1) is 18.8 Å². The Kier molecular flexibility index (Phi) is 11.2. The number of benzene rings is 2. The van der Waals surface area contributed by atoms with Gasteiger partial charge in [0.1, 0.15) is 18.5 Å². The molecule has 1 amide bonds. The van der Waals surface area contributed by atoms with Gasteiger partial charge in [0.25, 0.3) is 0 Å². The van der Waals surface area contributed by atoms with E-state index in [2.05, 4.69) is 10.3 Å². The number of nitrogens with zero attached hydrogens (tertiary/aromatic N) is 2. The Morgan fingerprint density at radius 3 is 2.57 bits per heavy atom. The van der Waals surface area contributed by atoms with Crippen molar-refractivity contribution in [2.75, 3.05) is 32.0 Å². The van der Waals surface area contributed by atoms with Crippen molar-refractivity contribution in [3.05, 3.63) is 70.2 Å². The molecule has 0 spiro atoms. The molecule has 0 saturated carbocycles. The molecule has 5 unspecified atom stereocenters. The van der Waals surface area contributed by atoms with Crippen LogP contribution < -0.4 is 15.8 Å². The van der Waals surface area contributed by atoms with Crippen molar-refractivity contribution >= 4 is 33.1 Å². The van der Waals surface area contributed by atoms with Crippen LogP contribution in [0.1, 0.15) is 36.5 Å². The number of amides is 1. The average Bonchev–Trinajstić information content (AvgIpc) is 3.75. The number of aliphatic hydroxyl groups is 1. The average molecular weight is 675 g/mol. The lowest BCUT2D eigenvalue weighted by Gasteiger charge is -2.31. The summed E-state index contributed by atoms with van der Waals surface area (Å²) in [7, 11) is -3.98. The first kappa shape index (κ1) is 34.1. The van der Waals surface area contributed by atoms with E-state index in [4.69, 9.17) is 24.7 Å². The van der Waals surface area contributed by atoms with Crippen molar-refractivity contribution < 1.29 is 37.3 Å². The molecule has 250 valence electrons. The number of carbonyl (C=O) groups excluding carboxylic acids is 1. The molecule has 46 heavy (non-hydrogen) atoms. The molecule has 2 aromatic carbocycles. The molecule has 2 fully saturated rings. The van der Waals surface area contributed by atoms with E-state index in [1.54, 1.807) is 11.3 Å². The van der Waals surface area contributed by atoms with Crippen LogP contribution >= 0.6 is 11.3 Å². The summed E-state index contributed by atoms with van der Waals surface area (Å²) in [5.41, 5.74) is 7.87. The van der Waals surface area contributed by atoms with Crippen LogP contribution in [0.15, 0.2) is 58.8 Å². The van der Waals surface area contributed by atoms with Gasteiger partial charge in [0, 0.05) is 24.2 Å². The lowest BCUT2D eigenvalue weighted by atomic mass is 10.0. The second-order valence-corrected chi connectivity index (χ2v) is 15.1. The number of sulfonamides is 1. The van der Waals surface area contributed by atoms with Crippen LogP contribution in [0.3, 0.4) is 0 Å².